The van der Waals surface area contributed by atoms with E-state index in [0.29, 0.717) is 5.56 Å². The van der Waals surface area contributed by atoms with E-state index in [9.17, 15) is 4.79 Å². The number of fused-ring (bicyclic) bond motifs is 1. The molecule has 0 saturated heterocycles. The smallest absolute Gasteiger partial charge is 0.248 e. The van der Waals surface area contributed by atoms with Crippen molar-refractivity contribution < 1.29 is 9.53 Å². The molecule has 0 unspecified atom stereocenters. The van der Waals surface area contributed by atoms with Crippen LogP contribution in [0.1, 0.15) is 10.4 Å². The third-order valence-electron chi connectivity index (χ3n) is 3.04. The molecule has 4 N–H and O–H groups in total. The van der Waals surface area contributed by atoms with Crippen molar-refractivity contribution in [1.29, 1.82) is 0 Å². The molecule has 0 atom stereocenters. The Hall–Kier alpha value is -3.08. The first-order chi connectivity index (χ1) is 10.6. The quantitative estimate of drug-likeness (QED) is 0.711. The number of nitrogens with zero attached hydrogens (tertiary/aromatic N) is 1. The maximum atomic E-state index is 10.6. The molecule has 0 aliphatic carbocycles. The van der Waals surface area contributed by atoms with E-state index < -0.39 is 5.91 Å². The lowest BCUT2D eigenvalue weighted by Crippen LogP contribution is -2.10. The molecule has 1 heterocycles. The highest BCUT2D eigenvalue weighted by Crippen LogP contribution is 2.16. The van der Waals surface area contributed by atoms with Crippen LogP contribution >= 0.6 is 0 Å². The second-order valence-corrected chi connectivity index (χ2v) is 4.52. The summed E-state index contributed by atoms with van der Waals surface area (Å²) < 4.78 is 4.90. The first kappa shape index (κ1) is 15.3. The normalized spacial score (nSPS) is 9.68. The number of pyridine rings is 1. The van der Waals surface area contributed by atoms with Gasteiger partial charge in [-0.2, -0.15) is 0 Å². The average Bonchev–Trinajstić information content (AvgIpc) is 2.56. The number of methoxy groups -OCH3 is 1. The number of hydrogen-bond donors (Lipinski definition) is 2. The molecule has 1 aromatic heterocycles. The molecule has 0 spiro atoms. The molecule has 0 aliphatic heterocycles. The van der Waals surface area contributed by atoms with Crippen LogP contribution in [-0.2, 0) is 0 Å². The second kappa shape index (κ2) is 7.08. The van der Waals surface area contributed by atoms with Gasteiger partial charge < -0.3 is 16.2 Å². The fourth-order valence-corrected chi connectivity index (χ4v) is 1.88. The van der Waals surface area contributed by atoms with Crippen LogP contribution in [0.25, 0.3) is 10.9 Å². The number of carbonyl (C=O) groups excluding carboxylic acids is 1. The molecule has 0 aliphatic rings. The van der Waals surface area contributed by atoms with Crippen molar-refractivity contribution in [3.05, 3.63) is 66.4 Å². The van der Waals surface area contributed by atoms with E-state index in [1.54, 1.807) is 37.6 Å². The van der Waals surface area contributed by atoms with Gasteiger partial charge in [0.15, 0.2) is 0 Å². The van der Waals surface area contributed by atoms with E-state index >= 15 is 0 Å². The first-order valence-corrected chi connectivity index (χ1v) is 6.65. The monoisotopic (exact) mass is 295 g/mol. The van der Waals surface area contributed by atoms with Crippen molar-refractivity contribution in [3.63, 3.8) is 0 Å². The zero-order valence-electron chi connectivity index (χ0n) is 12.2. The first-order valence-electron chi connectivity index (χ1n) is 6.65. The Morgan fingerprint density at radius 1 is 1.05 bits per heavy atom. The molecule has 5 heteroatoms. The van der Waals surface area contributed by atoms with Gasteiger partial charge >= 0.3 is 0 Å². The zero-order chi connectivity index (χ0) is 15.9. The fourth-order valence-electron chi connectivity index (χ4n) is 1.88. The van der Waals surface area contributed by atoms with Crippen LogP contribution in [0.5, 0.6) is 5.75 Å². The average molecular weight is 295 g/mol. The van der Waals surface area contributed by atoms with Crippen molar-refractivity contribution in [2.45, 2.75) is 0 Å². The van der Waals surface area contributed by atoms with Gasteiger partial charge in [-0.3, -0.25) is 9.78 Å². The summed E-state index contributed by atoms with van der Waals surface area (Å²) in [5, 5.41) is 1.09. The summed E-state index contributed by atoms with van der Waals surface area (Å²) in [7, 11) is 1.57. The molecular formula is C17H17N3O2. The van der Waals surface area contributed by atoms with Gasteiger partial charge in [0.25, 0.3) is 0 Å². The van der Waals surface area contributed by atoms with Crippen LogP contribution < -0.4 is 16.2 Å². The van der Waals surface area contributed by atoms with Crippen LogP contribution in [0.2, 0.25) is 0 Å². The van der Waals surface area contributed by atoms with E-state index in [0.717, 1.165) is 22.3 Å². The fraction of sp³-hybridized carbons (Fsp3) is 0.0588. The van der Waals surface area contributed by atoms with Gasteiger partial charge in [0.05, 0.1) is 18.3 Å². The molecule has 112 valence electrons. The van der Waals surface area contributed by atoms with Gasteiger partial charge in [-0.05, 0) is 36.4 Å². The van der Waals surface area contributed by atoms with Gasteiger partial charge in [0.2, 0.25) is 5.91 Å². The lowest BCUT2D eigenvalue weighted by atomic mass is 10.2. The molecule has 5 nitrogen and oxygen atoms in total. The number of anilines is 1. The zero-order valence-corrected chi connectivity index (χ0v) is 12.2. The summed E-state index contributed by atoms with van der Waals surface area (Å²) in [6.45, 7) is 0. The Bertz CT molecular complexity index is 765. The Balaban J connectivity index is 0.000000160. The van der Waals surface area contributed by atoms with Gasteiger partial charge in [0.1, 0.15) is 5.75 Å². The topological polar surface area (TPSA) is 91.2 Å². The molecule has 0 radical (unpaired) electrons. The van der Waals surface area contributed by atoms with E-state index in [4.69, 9.17) is 16.2 Å². The second-order valence-electron chi connectivity index (χ2n) is 4.52. The molecule has 3 rings (SSSR count). The number of hydrogen-bond acceptors (Lipinski definition) is 4. The van der Waals surface area contributed by atoms with Crippen LogP contribution in [0, 0.1) is 0 Å². The molecular weight excluding hydrogens is 278 g/mol. The lowest BCUT2D eigenvalue weighted by molar-refractivity contribution is 0.100. The van der Waals surface area contributed by atoms with Crippen molar-refractivity contribution in [2.75, 3.05) is 12.8 Å². The molecule has 2 aromatic carbocycles. The lowest BCUT2D eigenvalue weighted by Gasteiger charge is -1.98. The van der Waals surface area contributed by atoms with E-state index in [1.165, 1.54) is 0 Å². The molecule has 22 heavy (non-hydrogen) atoms. The third-order valence-corrected chi connectivity index (χ3v) is 3.04. The number of carbonyl (C=O) groups is 1. The van der Waals surface area contributed by atoms with Gasteiger partial charge in [-0.15, -0.1) is 0 Å². The number of benzene rings is 2. The molecule has 0 saturated carbocycles. The van der Waals surface area contributed by atoms with Crippen molar-refractivity contribution in [1.82, 2.24) is 4.98 Å². The van der Waals surface area contributed by atoms with Gasteiger partial charge in [0, 0.05) is 17.1 Å². The maximum Gasteiger partial charge on any atom is 0.248 e. The highest BCUT2D eigenvalue weighted by Gasteiger charge is 1.98. The number of rotatable bonds is 2. The van der Waals surface area contributed by atoms with Crippen LogP contribution in [-0.4, -0.2) is 18.0 Å². The number of nitrogen functional groups attached to an aromatic ring is 1. The summed E-state index contributed by atoms with van der Waals surface area (Å²) in [5.74, 6) is 0.294. The summed E-state index contributed by atoms with van der Waals surface area (Å²) in [6, 6.07) is 16.3. The van der Waals surface area contributed by atoms with E-state index in [1.807, 2.05) is 30.3 Å². The molecule has 3 aromatic rings. The van der Waals surface area contributed by atoms with Crippen molar-refractivity contribution in [3.8, 4) is 5.75 Å². The predicted molar refractivity (Wildman–Crippen MR) is 87.7 cm³/mol. The number of primary amides is 1. The molecule has 0 bridgehead atoms. The highest BCUT2D eigenvalue weighted by atomic mass is 16.5. The van der Waals surface area contributed by atoms with Crippen molar-refractivity contribution >= 4 is 22.5 Å². The number of para-hydroxylation sites is 1. The van der Waals surface area contributed by atoms with Crippen LogP contribution in [0.15, 0.2) is 60.8 Å². The Morgan fingerprint density at radius 3 is 2.32 bits per heavy atom. The number of aromatic nitrogens is 1. The Kier molecular flexibility index (Phi) is 4.93. The van der Waals surface area contributed by atoms with Crippen LogP contribution in [0.3, 0.4) is 0 Å². The van der Waals surface area contributed by atoms with E-state index in [-0.39, 0.29) is 0 Å². The van der Waals surface area contributed by atoms with Gasteiger partial charge in [-0.25, -0.2) is 0 Å². The largest absolute Gasteiger partial charge is 0.497 e. The SMILES string of the molecule is COc1ccc(C(N)=O)cc1.Nc1cccc2cccnc12. The summed E-state index contributed by atoms with van der Waals surface area (Å²) >= 11 is 0. The van der Waals surface area contributed by atoms with Crippen molar-refractivity contribution in [2.24, 2.45) is 5.73 Å². The summed E-state index contributed by atoms with van der Waals surface area (Å²) in [5.41, 5.74) is 12.8. The summed E-state index contributed by atoms with van der Waals surface area (Å²) in [6.07, 6.45) is 1.75. The molecule has 0 fully saturated rings. The van der Waals surface area contributed by atoms with Crippen LogP contribution in [0.4, 0.5) is 5.69 Å². The number of ether oxygens (including phenoxy) is 1. The number of amides is 1. The molecule has 1 amide bonds. The number of nitrogens with two attached hydrogens (primary N) is 2. The third kappa shape index (κ3) is 3.73. The van der Waals surface area contributed by atoms with E-state index in [2.05, 4.69) is 4.98 Å². The Labute approximate surface area is 128 Å². The standard InChI is InChI=1S/C9H8N2.C8H9NO2/c10-8-5-1-3-7-4-2-6-11-9(7)8;1-11-7-4-2-6(3-5-7)8(9)10/h1-6H,10H2;2-5H,1H3,(H2,9,10). The highest BCUT2D eigenvalue weighted by molar-refractivity contribution is 5.92. The van der Waals surface area contributed by atoms with Gasteiger partial charge in [-0.1, -0.05) is 18.2 Å². The minimum absolute atomic E-state index is 0.423. The maximum absolute atomic E-state index is 10.6. The minimum atomic E-state index is -0.423. The Morgan fingerprint density at radius 2 is 1.73 bits per heavy atom. The predicted octanol–water partition coefficient (Wildman–Crippen LogP) is 2.61. The minimum Gasteiger partial charge on any atom is -0.497 e. The summed E-state index contributed by atoms with van der Waals surface area (Å²) in [4.78, 5) is 14.7.